The van der Waals surface area contributed by atoms with E-state index in [9.17, 15) is 0 Å². The molecule has 0 aromatic carbocycles. The Morgan fingerprint density at radius 1 is 1.44 bits per heavy atom. The Bertz CT molecular complexity index is 487. The van der Waals surface area contributed by atoms with Crippen LogP contribution in [0.25, 0.3) is 0 Å². The zero-order valence-corrected chi connectivity index (χ0v) is 11.3. The lowest BCUT2D eigenvalue weighted by Gasteiger charge is -2.16. The van der Waals surface area contributed by atoms with Crippen LogP contribution in [0.3, 0.4) is 0 Å². The average Bonchev–Trinajstić information content (AvgIpc) is 2.97. The van der Waals surface area contributed by atoms with E-state index in [2.05, 4.69) is 30.5 Å². The Labute approximate surface area is 108 Å². The highest BCUT2D eigenvalue weighted by atomic mass is 16.3. The first-order valence-corrected chi connectivity index (χ1v) is 6.53. The summed E-state index contributed by atoms with van der Waals surface area (Å²) >= 11 is 0. The molecule has 0 amide bonds. The summed E-state index contributed by atoms with van der Waals surface area (Å²) in [5, 5.41) is 7.82. The third-order valence-electron chi connectivity index (χ3n) is 3.18. The summed E-state index contributed by atoms with van der Waals surface area (Å²) in [6.07, 6.45) is 6.75. The summed E-state index contributed by atoms with van der Waals surface area (Å²) < 4.78 is 7.35. The van der Waals surface area contributed by atoms with Gasteiger partial charge in [-0.25, -0.2) is 0 Å². The lowest BCUT2D eigenvalue weighted by atomic mass is 10.0. The fourth-order valence-corrected chi connectivity index (χ4v) is 2.22. The first-order valence-electron chi connectivity index (χ1n) is 6.53. The largest absolute Gasteiger partial charge is 0.469 e. The van der Waals surface area contributed by atoms with Gasteiger partial charge in [0.05, 0.1) is 12.5 Å². The Kier molecular flexibility index (Phi) is 4.20. The standard InChI is InChI=1S/C14H21N3O/c1-4-15-14(13-6-7-18-11(13)3)8-12-9-16-17(5-2)10-12/h6-7,9-10,14-15H,4-5,8H2,1-3H3. The Morgan fingerprint density at radius 2 is 2.28 bits per heavy atom. The molecule has 4 nitrogen and oxygen atoms in total. The average molecular weight is 247 g/mol. The smallest absolute Gasteiger partial charge is 0.105 e. The van der Waals surface area contributed by atoms with Crippen LogP contribution < -0.4 is 5.32 Å². The normalized spacial score (nSPS) is 12.8. The van der Waals surface area contributed by atoms with Gasteiger partial charge in [0.25, 0.3) is 0 Å². The molecule has 0 fully saturated rings. The highest BCUT2D eigenvalue weighted by Gasteiger charge is 2.16. The molecule has 0 saturated heterocycles. The topological polar surface area (TPSA) is 43.0 Å². The molecule has 1 unspecified atom stereocenters. The molecule has 0 spiro atoms. The lowest BCUT2D eigenvalue weighted by molar-refractivity contribution is 0.501. The van der Waals surface area contributed by atoms with Crippen LogP contribution >= 0.6 is 0 Å². The highest BCUT2D eigenvalue weighted by molar-refractivity contribution is 5.23. The van der Waals surface area contributed by atoms with Crippen molar-refractivity contribution in [2.75, 3.05) is 6.54 Å². The number of rotatable bonds is 6. The van der Waals surface area contributed by atoms with Crippen LogP contribution in [-0.4, -0.2) is 16.3 Å². The number of likely N-dealkylation sites (N-methyl/N-ethyl adjacent to an activating group) is 1. The van der Waals surface area contributed by atoms with Crippen LogP contribution in [0.2, 0.25) is 0 Å². The summed E-state index contributed by atoms with van der Waals surface area (Å²) in [4.78, 5) is 0. The van der Waals surface area contributed by atoms with Crippen molar-refractivity contribution in [3.05, 3.63) is 41.6 Å². The molecule has 0 aliphatic rings. The molecule has 4 heteroatoms. The van der Waals surface area contributed by atoms with Crippen molar-refractivity contribution in [2.45, 2.75) is 39.8 Å². The maximum Gasteiger partial charge on any atom is 0.105 e. The van der Waals surface area contributed by atoms with Gasteiger partial charge in [-0.05, 0) is 38.4 Å². The predicted molar refractivity (Wildman–Crippen MR) is 71.5 cm³/mol. The van der Waals surface area contributed by atoms with Gasteiger partial charge in [0.1, 0.15) is 5.76 Å². The third-order valence-corrected chi connectivity index (χ3v) is 3.18. The molecule has 1 N–H and O–H groups in total. The molecule has 0 saturated carbocycles. The van der Waals surface area contributed by atoms with Crippen LogP contribution in [0.5, 0.6) is 0 Å². The van der Waals surface area contributed by atoms with Gasteiger partial charge in [0.15, 0.2) is 0 Å². The second-order valence-electron chi connectivity index (χ2n) is 4.45. The van der Waals surface area contributed by atoms with Crippen molar-refractivity contribution in [3.63, 3.8) is 0 Å². The van der Waals surface area contributed by atoms with Crippen molar-refractivity contribution in [2.24, 2.45) is 0 Å². The van der Waals surface area contributed by atoms with E-state index >= 15 is 0 Å². The second-order valence-corrected chi connectivity index (χ2v) is 4.45. The summed E-state index contributed by atoms with van der Waals surface area (Å²) in [6, 6.07) is 2.34. The van der Waals surface area contributed by atoms with Crippen molar-refractivity contribution < 1.29 is 4.42 Å². The fourth-order valence-electron chi connectivity index (χ4n) is 2.22. The van der Waals surface area contributed by atoms with E-state index in [-0.39, 0.29) is 0 Å². The molecule has 0 aliphatic carbocycles. The molecule has 1 atom stereocenters. The number of nitrogens with one attached hydrogen (secondary N) is 1. The van der Waals surface area contributed by atoms with E-state index in [1.54, 1.807) is 6.26 Å². The van der Waals surface area contributed by atoms with Crippen LogP contribution in [0.4, 0.5) is 0 Å². The fraction of sp³-hybridized carbons (Fsp3) is 0.500. The number of aromatic nitrogens is 2. The van der Waals surface area contributed by atoms with E-state index in [0.717, 1.165) is 25.3 Å². The maximum absolute atomic E-state index is 5.40. The zero-order chi connectivity index (χ0) is 13.0. The first-order chi connectivity index (χ1) is 8.74. The molecular formula is C14H21N3O. The molecule has 2 rings (SSSR count). The summed E-state index contributed by atoms with van der Waals surface area (Å²) in [7, 11) is 0. The van der Waals surface area contributed by atoms with E-state index < -0.39 is 0 Å². The Hall–Kier alpha value is -1.55. The van der Waals surface area contributed by atoms with Gasteiger partial charge in [0, 0.05) is 24.3 Å². The van der Waals surface area contributed by atoms with Gasteiger partial charge in [-0.3, -0.25) is 4.68 Å². The van der Waals surface area contributed by atoms with Gasteiger partial charge in [0.2, 0.25) is 0 Å². The van der Waals surface area contributed by atoms with E-state index in [4.69, 9.17) is 4.42 Å². The number of hydrogen-bond acceptors (Lipinski definition) is 3. The summed E-state index contributed by atoms with van der Waals surface area (Å²) in [6.45, 7) is 8.08. The monoisotopic (exact) mass is 247 g/mol. The van der Waals surface area contributed by atoms with Crippen LogP contribution in [0, 0.1) is 6.92 Å². The van der Waals surface area contributed by atoms with Crippen molar-refractivity contribution in [1.29, 1.82) is 0 Å². The van der Waals surface area contributed by atoms with E-state index in [0.29, 0.717) is 6.04 Å². The lowest BCUT2D eigenvalue weighted by Crippen LogP contribution is -2.23. The number of nitrogens with zero attached hydrogens (tertiary/aromatic N) is 2. The van der Waals surface area contributed by atoms with Crippen LogP contribution in [0.15, 0.2) is 29.1 Å². The van der Waals surface area contributed by atoms with Crippen LogP contribution in [-0.2, 0) is 13.0 Å². The van der Waals surface area contributed by atoms with E-state index in [1.165, 1.54) is 11.1 Å². The maximum atomic E-state index is 5.40. The molecule has 98 valence electrons. The minimum atomic E-state index is 0.295. The van der Waals surface area contributed by atoms with Gasteiger partial charge >= 0.3 is 0 Å². The molecule has 18 heavy (non-hydrogen) atoms. The minimum absolute atomic E-state index is 0.295. The number of hydrogen-bond donors (Lipinski definition) is 1. The minimum Gasteiger partial charge on any atom is -0.469 e. The van der Waals surface area contributed by atoms with Gasteiger partial charge in [-0.2, -0.15) is 5.10 Å². The Balaban J connectivity index is 2.13. The SMILES string of the molecule is CCNC(Cc1cnn(CC)c1)c1ccoc1C. The first kappa shape index (κ1) is 12.9. The predicted octanol–water partition coefficient (Wildman–Crippen LogP) is 2.70. The van der Waals surface area contributed by atoms with Crippen molar-refractivity contribution >= 4 is 0 Å². The second kappa shape index (κ2) is 5.87. The molecular weight excluding hydrogens is 226 g/mol. The van der Waals surface area contributed by atoms with E-state index in [1.807, 2.05) is 23.9 Å². The molecule has 0 radical (unpaired) electrons. The quantitative estimate of drug-likeness (QED) is 0.853. The van der Waals surface area contributed by atoms with Crippen molar-refractivity contribution in [3.8, 4) is 0 Å². The molecule has 2 aromatic rings. The summed E-state index contributed by atoms with van der Waals surface area (Å²) in [5.74, 6) is 0.990. The van der Waals surface area contributed by atoms with Crippen molar-refractivity contribution in [1.82, 2.24) is 15.1 Å². The molecule has 2 heterocycles. The molecule has 0 bridgehead atoms. The molecule has 0 aliphatic heterocycles. The van der Waals surface area contributed by atoms with Crippen LogP contribution in [0.1, 0.15) is 36.8 Å². The number of furan rings is 1. The highest BCUT2D eigenvalue weighted by Crippen LogP contribution is 2.22. The van der Waals surface area contributed by atoms with Gasteiger partial charge in [-0.1, -0.05) is 6.92 Å². The molecule has 2 aromatic heterocycles. The number of aryl methyl sites for hydroxylation is 2. The third kappa shape index (κ3) is 2.82. The zero-order valence-electron chi connectivity index (χ0n) is 11.3. The summed E-state index contributed by atoms with van der Waals surface area (Å²) in [5.41, 5.74) is 2.49. The van der Waals surface area contributed by atoms with Gasteiger partial charge in [-0.15, -0.1) is 0 Å². The van der Waals surface area contributed by atoms with Gasteiger partial charge < -0.3 is 9.73 Å². The Morgan fingerprint density at radius 3 is 2.83 bits per heavy atom.